The van der Waals surface area contributed by atoms with Crippen LogP contribution in [0.2, 0.25) is 8.87 Å². The van der Waals surface area contributed by atoms with Crippen molar-refractivity contribution < 1.29 is 17.9 Å². The normalized spacial score (nSPS) is 25.1. The monoisotopic (exact) mass is 637 g/mol. The summed E-state index contributed by atoms with van der Waals surface area (Å²) in [5.74, 6) is -0.329. The van der Waals surface area contributed by atoms with Gasteiger partial charge >= 0.3 is 231 Å². The van der Waals surface area contributed by atoms with Crippen LogP contribution in [0.15, 0.2) is 99.5 Å². The van der Waals surface area contributed by atoms with Crippen LogP contribution in [-0.2, 0) is 19.6 Å². The van der Waals surface area contributed by atoms with Crippen LogP contribution >= 0.6 is 0 Å². The molecule has 2 aliphatic rings. The van der Waals surface area contributed by atoms with E-state index in [2.05, 4.69) is 35.3 Å². The van der Waals surface area contributed by atoms with Crippen molar-refractivity contribution in [2.75, 3.05) is 13.7 Å². The molecule has 3 aromatic rings. The van der Waals surface area contributed by atoms with E-state index in [1.165, 1.54) is 10.7 Å². The number of aryl methyl sites for hydroxylation is 1. The molecule has 0 aliphatic carbocycles. The van der Waals surface area contributed by atoms with Gasteiger partial charge < -0.3 is 0 Å². The maximum absolute atomic E-state index is 14.2. The summed E-state index contributed by atoms with van der Waals surface area (Å²) in [5, 5.41) is 0. The average molecular weight is 636 g/mol. The number of sulfonamides is 1. The molecule has 0 bridgehead atoms. The molecule has 1 saturated heterocycles. The van der Waals surface area contributed by atoms with Crippen LogP contribution in [0.1, 0.15) is 36.9 Å². The van der Waals surface area contributed by atoms with E-state index in [0.717, 1.165) is 34.0 Å². The standard InChI is InChI=1S/C21H21NO4S.C6H5.C4H9.Sn/c1-15-10-12-18(13-11-15)27(24,25)22-14-16(2)21(3,20(23)26-4)19(22)17-8-6-5-7-9-17;1-2-4-6-5-3-1;1-3-4-2;/h2,5-13,19H,3,14H2,1,4H3;1-5H;1,3-4H2,2H3;/t19-,21+;;;/m0.../s1. The summed E-state index contributed by atoms with van der Waals surface area (Å²) in [6, 6.07) is 26.6. The van der Waals surface area contributed by atoms with E-state index in [0.29, 0.717) is 4.44 Å². The van der Waals surface area contributed by atoms with Gasteiger partial charge in [0.1, 0.15) is 0 Å². The molecule has 3 aromatic carbocycles. The van der Waals surface area contributed by atoms with E-state index in [4.69, 9.17) is 4.74 Å². The molecule has 38 heavy (non-hydrogen) atoms. The molecule has 0 spiro atoms. The fraction of sp³-hybridized carbons (Fsp3) is 0.323. The second kappa shape index (κ2) is 10.6. The Bertz CT molecular complexity index is 1440. The quantitative estimate of drug-likeness (QED) is 0.241. The zero-order valence-electron chi connectivity index (χ0n) is 22.3. The summed E-state index contributed by atoms with van der Waals surface area (Å²) < 4.78 is 41.0. The molecular formula is C31H35NO4SSn. The SMILES string of the molecule is CCC[CH2][Sn]1([c]2ccccc2)[CH]=C2CN(S(=O)(=O)c3ccc(C)cc3)[C@@H](c3ccccc3)[C@@]2(C(=O)OC)[CH2]1. The van der Waals surface area contributed by atoms with E-state index < -0.39 is 39.9 Å². The summed E-state index contributed by atoms with van der Waals surface area (Å²) in [5.41, 5.74) is 1.70. The van der Waals surface area contributed by atoms with E-state index in [-0.39, 0.29) is 17.4 Å². The Hall–Kier alpha value is -2.42. The minimum atomic E-state index is -3.89. The molecule has 7 heteroatoms. The van der Waals surface area contributed by atoms with Crippen molar-refractivity contribution in [2.24, 2.45) is 5.41 Å². The van der Waals surface area contributed by atoms with Crippen molar-refractivity contribution in [3.8, 4) is 0 Å². The number of ether oxygens (including phenoxy) is 1. The van der Waals surface area contributed by atoms with Gasteiger partial charge in [0.25, 0.3) is 0 Å². The molecule has 0 amide bonds. The van der Waals surface area contributed by atoms with E-state index >= 15 is 0 Å². The third-order valence-electron chi connectivity index (χ3n) is 8.32. The molecule has 2 aliphatic heterocycles. The minimum absolute atomic E-state index is 0.197. The zero-order valence-corrected chi connectivity index (χ0v) is 25.9. The first kappa shape index (κ1) is 27.2. The van der Waals surface area contributed by atoms with Crippen LogP contribution < -0.4 is 3.58 Å². The van der Waals surface area contributed by atoms with Crippen molar-refractivity contribution >= 4 is 37.9 Å². The Labute approximate surface area is 230 Å². The van der Waals surface area contributed by atoms with Gasteiger partial charge in [-0.2, -0.15) is 0 Å². The third-order valence-corrected chi connectivity index (χ3v) is 23.9. The Morgan fingerprint density at radius 2 is 1.63 bits per heavy atom. The third kappa shape index (κ3) is 4.44. The molecule has 2 heterocycles. The maximum atomic E-state index is 14.2. The van der Waals surface area contributed by atoms with Crippen LogP contribution in [0.3, 0.4) is 0 Å². The summed E-state index contributed by atoms with van der Waals surface area (Å²) in [4.78, 5) is 14.2. The number of hydrogen-bond donors (Lipinski definition) is 0. The fourth-order valence-corrected chi connectivity index (χ4v) is 23.8. The van der Waals surface area contributed by atoms with Gasteiger partial charge in [0.05, 0.1) is 0 Å². The van der Waals surface area contributed by atoms with Crippen molar-refractivity contribution in [1.82, 2.24) is 4.31 Å². The van der Waals surface area contributed by atoms with Crippen LogP contribution in [0.5, 0.6) is 0 Å². The van der Waals surface area contributed by atoms with Gasteiger partial charge in [0.15, 0.2) is 0 Å². The first-order valence-corrected chi connectivity index (χ1v) is 21.8. The predicted octanol–water partition coefficient (Wildman–Crippen LogP) is 5.54. The summed E-state index contributed by atoms with van der Waals surface area (Å²) >= 11 is -3.30. The van der Waals surface area contributed by atoms with E-state index in [1.54, 1.807) is 16.4 Å². The molecule has 198 valence electrons. The summed E-state index contributed by atoms with van der Waals surface area (Å²) in [7, 11) is -2.46. The second-order valence-electron chi connectivity index (χ2n) is 10.6. The molecule has 3 atom stereocenters. The number of carbonyl (C=O) groups is 1. The number of esters is 1. The average Bonchev–Trinajstić information content (AvgIpc) is 3.44. The van der Waals surface area contributed by atoms with Gasteiger partial charge in [-0.3, -0.25) is 0 Å². The van der Waals surface area contributed by atoms with E-state index in [1.807, 2.05) is 55.5 Å². The van der Waals surface area contributed by atoms with E-state index in [9.17, 15) is 13.2 Å². The van der Waals surface area contributed by atoms with Crippen LogP contribution in [0.4, 0.5) is 0 Å². The number of unbranched alkanes of at least 4 members (excludes halogenated alkanes) is 1. The van der Waals surface area contributed by atoms with Crippen molar-refractivity contribution in [3.63, 3.8) is 0 Å². The van der Waals surface area contributed by atoms with Crippen LogP contribution in [-0.4, -0.2) is 50.7 Å². The molecule has 5 nitrogen and oxygen atoms in total. The van der Waals surface area contributed by atoms with Gasteiger partial charge in [-0.05, 0) is 0 Å². The van der Waals surface area contributed by atoms with Gasteiger partial charge in [-0.1, -0.05) is 0 Å². The first-order valence-electron chi connectivity index (χ1n) is 13.3. The van der Waals surface area contributed by atoms with Gasteiger partial charge in [0, 0.05) is 0 Å². The van der Waals surface area contributed by atoms with Crippen molar-refractivity contribution in [3.05, 3.63) is 106 Å². The number of hydrogen-bond acceptors (Lipinski definition) is 4. The molecule has 0 saturated carbocycles. The molecule has 1 fully saturated rings. The van der Waals surface area contributed by atoms with Crippen molar-refractivity contribution in [2.45, 2.75) is 46.5 Å². The van der Waals surface area contributed by atoms with Gasteiger partial charge in [0.2, 0.25) is 0 Å². The summed E-state index contributed by atoms with van der Waals surface area (Å²) in [6.45, 7) is 4.33. The molecule has 0 aromatic heterocycles. The number of nitrogens with zero attached hydrogens (tertiary/aromatic N) is 1. The van der Waals surface area contributed by atoms with Gasteiger partial charge in [-0.25, -0.2) is 0 Å². The number of carbonyl (C=O) groups excluding carboxylic acids is 1. The molecule has 0 N–H and O–H groups in total. The molecule has 0 radical (unpaired) electrons. The Balaban J connectivity index is 1.73. The van der Waals surface area contributed by atoms with Crippen LogP contribution in [0.25, 0.3) is 0 Å². The second-order valence-corrected chi connectivity index (χ2v) is 24.0. The van der Waals surface area contributed by atoms with Crippen LogP contribution in [0, 0.1) is 12.3 Å². The topological polar surface area (TPSA) is 63.7 Å². The predicted molar refractivity (Wildman–Crippen MR) is 153 cm³/mol. The number of rotatable bonds is 8. The number of fused-ring (bicyclic) bond motifs is 1. The molecule has 1 unspecified atom stereocenters. The van der Waals surface area contributed by atoms with Crippen molar-refractivity contribution in [1.29, 1.82) is 0 Å². The zero-order chi connectivity index (χ0) is 27.0. The number of methoxy groups -OCH3 is 1. The van der Waals surface area contributed by atoms with Gasteiger partial charge in [-0.15, -0.1) is 0 Å². The molecular weight excluding hydrogens is 601 g/mol. The fourth-order valence-electron chi connectivity index (χ4n) is 6.49. The Morgan fingerprint density at radius 3 is 2.24 bits per heavy atom. The number of benzene rings is 3. The summed E-state index contributed by atoms with van der Waals surface area (Å²) in [6.07, 6.45) is 2.17. The Kier molecular flexibility index (Phi) is 7.59. The molecule has 5 rings (SSSR count). The Morgan fingerprint density at radius 1 is 1.00 bits per heavy atom. The first-order chi connectivity index (χ1) is 18.3.